The number of nitrogens with zero attached hydrogens (tertiary/aromatic N) is 2. The number of carbonyl (C=O) groups is 2. The third-order valence-electron chi connectivity index (χ3n) is 3.79. The minimum Gasteiger partial charge on any atom is -0.359 e. The summed E-state index contributed by atoms with van der Waals surface area (Å²) in [7, 11) is 3.45. The zero-order valence-corrected chi connectivity index (χ0v) is 17.1. The SMILES string of the molecule is CCNC(=NCC(C)(C)C(=O)NC)NC1CCC(=O)N(C)C1.I. The van der Waals surface area contributed by atoms with Crippen molar-refractivity contribution in [1.29, 1.82) is 0 Å². The van der Waals surface area contributed by atoms with Crippen LogP contribution in [0, 0.1) is 5.41 Å². The minimum absolute atomic E-state index is 0. The Balaban J connectivity index is 0.00000484. The van der Waals surface area contributed by atoms with Gasteiger partial charge in [0.2, 0.25) is 11.8 Å². The largest absolute Gasteiger partial charge is 0.359 e. The van der Waals surface area contributed by atoms with Gasteiger partial charge in [0.25, 0.3) is 0 Å². The zero-order valence-electron chi connectivity index (χ0n) is 14.7. The highest BCUT2D eigenvalue weighted by atomic mass is 127. The van der Waals surface area contributed by atoms with Crippen molar-refractivity contribution in [2.75, 3.05) is 33.7 Å². The number of hydrogen-bond donors (Lipinski definition) is 3. The standard InChI is InChI=1S/C15H29N5O2.HI/c1-6-17-14(18-10-15(2,3)13(22)16-4)19-11-7-8-12(21)20(5)9-11;/h11H,6-10H2,1-5H3,(H,16,22)(H2,17,18,19);1H. The Morgan fingerprint density at radius 1 is 1.43 bits per heavy atom. The van der Waals surface area contributed by atoms with Gasteiger partial charge in [-0.05, 0) is 27.2 Å². The summed E-state index contributed by atoms with van der Waals surface area (Å²) in [5.74, 6) is 0.836. The second-order valence-corrected chi connectivity index (χ2v) is 6.31. The molecule has 0 saturated carbocycles. The van der Waals surface area contributed by atoms with Crippen LogP contribution >= 0.6 is 24.0 Å². The molecule has 1 heterocycles. The molecule has 8 heteroatoms. The van der Waals surface area contributed by atoms with Gasteiger partial charge in [0, 0.05) is 39.6 Å². The van der Waals surface area contributed by atoms with E-state index >= 15 is 0 Å². The lowest BCUT2D eigenvalue weighted by molar-refractivity contribution is -0.132. The number of amides is 2. The number of aliphatic imine (C=N–C) groups is 1. The Bertz CT molecular complexity index is 440. The van der Waals surface area contributed by atoms with Crippen LogP contribution in [-0.4, -0.2) is 62.4 Å². The molecule has 7 nitrogen and oxygen atoms in total. The van der Waals surface area contributed by atoms with Gasteiger partial charge in [-0.25, -0.2) is 0 Å². The molecule has 1 atom stereocenters. The van der Waals surface area contributed by atoms with Crippen molar-refractivity contribution >= 4 is 41.8 Å². The molecule has 1 unspecified atom stereocenters. The van der Waals surface area contributed by atoms with Crippen LogP contribution in [0.25, 0.3) is 0 Å². The van der Waals surface area contributed by atoms with Gasteiger partial charge in [0.05, 0.1) is 12.0 Å². The fourth-order valence-electron chi connectivity index (χ4n) is 2.33. The molecule has 0 spiro atoms. The van der Waals surface area contributed by atoms with Crippen LogP contribution in [0.3, 0.4) is 0 Å². The smallest absolute Gasteiger partial charge is 0.227 e. The Morgan fingerprint density at radius 3 is 2.61 bits per heavy atom. The first-order valence-electron chi connectivity index (χ1n) is 7.81. The van der Waals surface area contributed by atoms with Gasteiger partial charge in [-0.15, -0.1) is 24.0 Å². The number of likely N-dealkylation sites (tertiary alicyclic amines) is 1. The fourth-order valence-corrected chi connectivity index (χ4v) is 2.33. The lowest BCUT2D eigenvalue weighted by atomic mass is 9.93. The van der Waals surface area contributed by atoms with Gasteiger partial charge in [-0.3, -0.25) is 14.6 Å². The van der Waals surface area contributed by atoms with Crippen molar-refractivity contribution in [2.45, 2.75) is 39.7 Å². The third-order valence-corrected chi connectivity index (χ3v) is 3.79. The molecule has 0 aromatic heterocycles. The first-order valence-corrected chi connectivity index (χ1v) is 7.81. The summed E-state index contributed by atoms with van der Waals surface area (Å²) in [6, 6.07) is 0.184. The van der Waals surface area contributed by atoms with Crippen LogP contribution in [0.1, 0.15) is 33.6 Å². The van der Waals surface area contributed by atoms with Crippen molar-refractivity contribution in [3.8, 4) is 0 Å². The average molecular weight is 439 g/mol. The minimum atomic E-state index is -0.559. The lowest BCUT2D eigenvalue weighted by Gasteiger charge is -2.31. The summed E-state index contributed by atoms with van der Waals surface area (Å²) < 4.78 is 0. The number of rotatable bonds is 5. The van der Waals surface area contributed by atoms with E-state index in [0.717, 1.165) is 13.0 Å². The number of piperidine rings is 1. The quantitative estimate of drug-likeness (QED) is 0.332. The predicted octanol–water partition coefficient (Wildman–Crippen LogP) is 0.553. The van der Waals surface area contributed by atoms with Crippen LogP contribution in [0.2, 0.25) is 0 Å². The molecule has 0 aromatic rings. The number of likely N-dealkylation sites (N-methyl/N-ethyl adjacent to an activating group) is 1. The summed E-state index contributed by atoms with van der Waals surface area (Å²) in [5.41, 5.74) is -0.559. The molecule has 0 aliphatic carbocycles. The van der Waals surface area contributed by atoms with E-state index in [2.05, 4.69) is 20.9 Å². The van der Waals surface area contributed by atoms with Crippen molar-refractivity contribution in [2.24, 2.45) is 10.4 Å². The first kappa shape index (κ1) is 21.9. The lowest BCUT2D eigenvalue weighted by Crippen LogP contribution is -2.52. The van der Waals surface area contributed by atoms with Crippen LogP contribution in [0.5, 0.6) is 0 Å². The number of nitrogens with one attached hydrogen (secondary N) is 3. The molecule has 0 bridgehead atoms. The highest BCUT2D eigenvalue weighted by Gasteiger charge is 2.27. The highest BCUT2D eigenvalue weighted by molar-refractivity contribution is 14.0. The normalized spacial score (nSPS) is 19.0. The Morgan fingerprint density at radius 2 is 2.09 bits per heavy atom. The van der Waals surface area contributed by atoms with Crippen molar-refractivity contribution in [1.82, 2.24) is 20.9 Å². The molecular formula is C15H30IN5O2. The first-order chi connectivity index (χ1) is 10.3. The molecule has 0 radical (unpaired) electrons. The maximum absolute atomic E-state index is 11.8. The number of carbonyl (C=O) groups excluding carboxylic acids is 2. The summed E-state index contributed by atoms with van der Waals surface area (Å²) in [6.45, 7) is 7.54. The second kappa shape index (κ2) is 9.94. The van der Waals surface area contributed by atoms with E-state index in [4.69, 9.17) is 0 Å². The monoisotopic (exact) mass is 439 g/mol. The number of guanidine groups is 1. The summed E-state index contributed by atoms with van der Waals surface area (Å²) in [4.78, 5) is 29.6. The topological polar surface area (TPSA) is 85.8 Å². The average Bonchev–Trinajstić information content (AvgIpc) is 2.48. The van der Waals surface area contributed by atoms with Gasteiger partial charge in [0.15, 0.2) is 5.96 Å². The molecule has 134 valence electrons. The molecule has 3 N–H and O–H groups in total. The maximum Gasteiger partial charge on any atom is 0.227 e. The van der Waals surface area contributed by atoms with Crippen LogP contribution < -0.4 is 16.0 Å². The number of halogens is 1. The van der Waals surface area contributed by atoms with E-state index < -0.39 is 5.41 Å². The zero-order chi connectivity index (χ0) is 16.8. The molecule has 0 aromatic carbocycles. The van der Waals surface area contributed by atoms with Gasteiger partial charge in [-0.1, -0.05) is 0 Å². The van der Waals surface area contributed by atoms with Gasteiger partial charge in [-0.2, -0.15) is 0 Å². The van der Waals surface area contributed by atoms with E-state index in [9.17, 15) is 9.59 Å². The molecule has 23 heavy (non-hydrogen) atoms. The molecule has 1 fully saturated rings. The van der Waals surface area contributed by atoms with E-state index in [1.807, 2.05) is 27.8 Å². The van der Waals surface area contributed by atoms with Gasteiger partial charge in [0.1, 0.15) is 0 Å². The third kappa shape index (κ3) is 6.92. The second-order valence-electron chi connectivity index (χ2n) is 6.31. The summed E-state index contributed by atoms with van der Waals surface area (Å²) in [5, 5.41) is 9.20. The summed E-state index contributed by atoms with van der Waals surface area (Å²) >= 11 is 0. The molecule has 1 saturated heterocycles. The van der Waals surface area contributed by atoms with Crippen molar-refractivity contribution < 1.29 is 9.59 Å². The molecule has 1 rings (SSSR count). The molecule has 2 amide bonds. The maximum atomic E-state index is 11.8. The highest BCUT2D eigenvalue weighted by Crippen LogP contribution is 2.15. The van der Waals surface area contributed by atoms with Gasteiger partial charge < -0.3 is 20.9 Å². The number of hydrogen-bond acceptors (Lipinski definition) is 3. The Kier molecular flexibility index (Phi) is 9.48. The fraction of sp³-hybridized carbons (Fsp3) is 0.800. The van der Waals surface area contributed by atoms with Crippen LogP contribution in [-0.2, 0) is 9.59 Å². The van der Waals surface area contributed by atoms with E-state index in [1.54, 1.807) is 11.9 Å². The van der Waals surface area contributed by atoms with Crippen molar-refractivity contribution in [3.05, 3.63) is 0 Å². The molecular weight excluding hydrogens is 409 g/mol. The van der Waals surface area contributed by atoms with Gasteiger partial charge >= 0.3 is 0 Å². The Labute approximate surface area is 156 Å². The molecule has 1 aliphatic heterocycles. The van der Waals surface area contributed by atoms with E-state index in [-0.39, 0.29) is 41.8 Å². The summed E-state index contributed by atoms with van der Waals surface area (Å²) in [6.07, 6.45) is 1.35. The predicted molar refractivity (Wildman–Crippen MR) is 103 cm³/mol. The van der Waals surface area contributed by atoms with Crippen molar-refractivity contribution in [3.63, 3.8) is 0 Å². The van der Waals surface area contributed by atoms with E-state index in [0.29, 0.717) is 25.5 Å². The van der Waals surface area contributed by atoms with E-state index in [1.165, 1.54) is 0 Å². The Hall–Kier alpha value is -1.06. The van der Waals surface area contributed by atoms with Crippen LogP contribution in [0.15, 0.2) is 4.99 Å². The van der Waals surface area contributed by atoms with Crippen LogP contribution in [0.4, 0.5) is 0 Å². The molecule has 1 aliphatic rings.